The summed E-state index contributed by atoms with van der Waals surface area (Å²) >= 11 is 0. The number of para-hydroxylation sites is 2. The second-order valence-corrected chi connectivity index (χ2v) is 5.87. The molecule has 27 heavy (non-hydrogen) atoms. The molecular weight excluding hydrogens is 340 g/mol. The van der Waals surface area contributed by atoms with Crippen molar-refractivity contribution in [3.8, 4) is 23.3 Å². The van der Waals surface area contributed by atoms with E-state index in [1.165, 1.54) is 0 Å². The van der Waals surface area contributed by atoms with E-state index in [1.807, 2.05) is 66.7 Å². The smallest absolute Gasteiger partial charge is 0.216 e. The lowest BCUT2D eigenvalue weighted by Gasteiger charge is -2.09. The Morgan fingerprint density at radius 2 is 1.52 bits per heavy atom. The predicted molar refractivity (Wildman–Crippen MR) is 99.8 cm³/mol. The first-order valence-electron chi connectivity index (χ1n) is 8.45. The van der Waals surface area contributed by atoms with Gasteiger partial charge in [-0.05, 0) is 42.0 Å². The van der Waals surface area contributed by atoms with Crippen LogP contribution in [0.2, 0.25) is 0 Å². The van der Waals surface area contributed by atoms with Gasteiger partial charge >= 0.3 is 0 Å². The Morgan fingerprint density at radius 1 is 0.815 bits per heavy atom. The average Bonchev–Trinajstić information content (AvgIpc) is 3.18. The molecule has 1 aliphatic rings. The Hall–Kier alpha value is -3.75. The Bertz CT molecular complexity index is 992. The third-order valence-corrected chi connectivity index (χ3v) is 4.00. The summed E-state index contributed by atoms with van der Waals surface area (Å²) in [5.41, 5.74) is 4.18. The molecule has 0 radical (unpaired) electrons. The van der Waals surface area contributed by atoms with Gasteiger partial charge < -0.3 is 9.47 Å². The number of nitrogens with zero attached hydrogens (tertiary/aromatic N) is 1. The predicted octanol–water partition coefficient (Wildman–Crippen LogP) is 4.85. The van der Waals surface area contributed by atoms with Crippen LogP contribution in [0.5, 0.6) is 17.2 Å². The molecular formula is C22H16N2O3. The summed E-state index contributed by atoms with van der Waals surface area (Å²) in [4.78, 5) is 5.56. The van der Waals surface area contributed by atoms with Crippen LogP contribution in [0.3, 0.4) is 0 Å². The van der Waals surface area contributed by atoms with Crippen LogP contribution in [-0.2, 0) is 4.84 Å². The van der Waals surface area contributed by atoms with Gasteiger partial charge in [-0.25, -0.2) is 5.48 Å². The van der Waals surface area contributed by atoms with Crippen LogP contribution in [0.25, 0.3) is 0 Å². The Labute approximate surface area is 157 Å². The number of benzene rings is 3. The molecule has 132 valence electrons. The lowest BCUT2D eigenvalue weighted by atomic mass is 10.1. The summed E-state index contributed by atoms with van der Waals surface area (Å²) in [6.45, 7) is 0. The number of hydrogen-bond donors (Lipinski definition) is 1. The second-order valence-electron chi connectivity index (χ2n) is 5.87. The van der Waals surface area contributed by atoms with E-state index in [9.17, 15) is 0 Å². The first kappa shape index (κ1) is 16.7. The van der Waals surface area contributed by atoms with E-state index in [0.717, 1.165) is 17.1 Å². The SMILES string of the molecule is N#Cc1ccccc1OC1=C[C@H](c2ccc(Oc3ccccc3)cc2)ON1. The van der Waals surface area contributed by atoms with Crippen LogP contribution >= 0.6 is 0 Å². The minimum Gasteiger partial charge on any atom is -0.457 e. The third-order valence-electron chi connectivity index (χ3n) is 4.00. The fraction of sp³-hybridized carbons (Fsp3) is 0.0455. The number of ether oxygens (including phenoxy) is 2. The standard InChI is InChI=1S/C22H16N2O3/c23-15-17-6-4-5-9-20(17)26-22-14-21(27-24-22)16-10-12-19(13-11-16)25-18-7-2-1-3-8-18/h1-14,21,24H/t21-/m1/s1. The van der Waals surface area contributed by atoms with Gasteiger partial charge in [0.2, 0.25) is 5.88 Å². The van der Waals surface area contributed by atoms with Gasteiger partial charge in [0.05, 0.1) is 5.56 Å². The number of nitriles is 1. The lowest BCUT2D eigenvalue weighted by molar-refractivity contribution is 0.0273. The van der Waals surface area contributed by atoms with Crippen molar-refractivity contribution in [2.45, 2.75) is 6.10 Å². The van der Waals surface area contributed by atoms with Crippen molar-refractivity contribution < 1.29 is 14.3 Å². The molecule has 1 N–H and O–H groups in total. The molecule has 1 aliphatic heterocycles. The van der Waals surface area contributed by atoms with Crippen molar-refractivity contribution in [3.05, 3.63) is 102 Å². The highest BCUT2D eigenvalue weighted by molar-refractivity contribution is 5.43. The summed E-state index contributed by atoms with van der Waals surface area (Å²) in [6, 6.07) is 26.4. The molecule has 5 heteroatoms. The average molecular weight is 356 g/mol. The maximum atomic E-state index is 9.14. The number of rotatable bonds is 5. The minimum absolute atomic E-state index is 0.292. The molecule has 0 aliphatic carbocycles. The zero-order chi connectivity index (χ0) is 18.5. The highest BCUT2D eigenvalue weighted by atomic mass is 16.7. The molecule has 3 aromatic carbocycles. The van der Waals surface area contributed by atoms with Crippen LogP contribution in [0.4, 0.5) is 0 Å². The lowest BCUT2D eigenvalue weighted by Crippen LogP contribution is -2.12. The molecule has 0 unspecified atom stereocenters. The molecule has 1 heterocycles. The zero-order valence-electron chi connectivity index (χ0n) is 14.3. The van der Waals surface area contributed by atoms with Gasteiger partial charge in [-0.3, -0.25) is 4.84 Å². The van der Waals surface area contributed by atoms with E-state index in [4.69, 9.17) is 19.6 Å². The third kappa shape index (κ3) is 3.92. The van der Waals surface area contributed by atoms with Crippen molar-refractivity contribution in [1.82, 2.24) is 5.48 Å². The quantitative estimate of drug-likeness (QED) is 0.708. The molecule has 3 aromatic rings. The Kier molecular flexibility index (Phi) is 4.73. The first-order chi connectivity index (χ1) is 13.3. The minimum atomic E-state index is -0.292. The van der Waals surface area contributed by atoms with Gasteiger partial charge in [-0.1, -0.05) is 42.5 Å². The molecule has 0 fully saturated rings. The zero-order valence-corrected chi connectivity index (χ0v) is 14.3. The number of nitrogens with one attached hydrogen (secondary N) is 1. The number of hydroxylamine groups is 1. The maximum absolute atomic E-state index is 9.14. The van der Waals surface area contributed by atoms with Gasteiger partial charge in [-0.15, -0.1) is 0 Å². The van der Waals surface area contributed by atoms with Crippen molar-refractivity contribution in [1.29, 1.82) is 5.26 Å². The van der Waals surface area contributed by atoms with E-state index in [2.05, 4.69) is 11.5 Å². The topological polar surface area (TPSA) is 63.5 Å². The highest BCUT2D eigenvalue weighted by Gasteiger charge is 2.20. The number of hydrogen-bond acceptors (Lipinski definition) is 5. The molecule has 4 rings (SSSR count). The molecule has 0 amide bonds. The van der Waals surface area contributed by atoms with Crippen molar-refractivity contribution >= 4 is 0 Å². The van der Waals surface area contributed by atoms with Crippen LogP contribution < -0.4 is 15.0 Å². The largest absolute Gasteiger partial charge is 0.457 e. The van der Waals surface area contributed by atoms with Gasteiger partial charge in [-0.2, -0.15) is 5.26 Å². The Balaban J connectivity index is 1.44. The fourth-order valence-electron chi connectivity index (χ4n) is 2.66. The van der Waals surface area contributed by atoms with Gasteiger partial charge in [0.1, 0.15) is 29.4 Å². The molecule has 0 aromatic heterocycles. The van der Waals surface area contributed by atoms with E-state index in [-0.39, 0.29) is 6.10 Å². The van der Waals surface area contributed by atoms with Crippen LogP contribution in [0.15, 0.2) is 90.8 Å². The molecule has 1 atom stereocenters. The van der Waals surface area contributed by atoms with Crippen molar-refractivity contribution in [3.63, 3.8) is 0 Å². The monoisotopic (exact) mass is 356 g/mol. The van der Waals surface area contributed by atoms with Gasteiger partial charge in [0.15, 0.2) is 0 Å². The summed E-state index contributed by atoms with van der Waals surface area (Å²) < 4.78 is 11.5. The van der Waals surface area contributed by atoms with Gasteiger partial charge in [0, 0.05) is 6.08 Å². The van der Waals surface area contributed by atoms with Crippen LogP contribution in [0.1, 0.15) is 17.2 Å². The Morgan fingerprint density at radius 3 is 2.30 bits per heavy atom. The fourth-order valence-corrected chi connectivity index (χ4v) is 2.66. The molecule has 0 spiro atoms. The van der Waals surface area contributed by atoms with E-state index in [1.54, 1.807) is 18.2 Å². The normalized spacial score (nSPS) is 15.4. The van der Waals surface area contributed by atoms with E-state index in [0.29, 0.717) is 17.2 Å². The van der Waals surface area contributed by atoms with Crippen LogP contribution in [0, 0.1) is 11.3 Å². The van der Waals surface area contributed by atoms with E-state index < -0.39 is 0 Å². The summed E-state index contributed by atoms with van der Waals surface area (Å²) in [5.74, 6) is 2.47. The van der Waals surface area contributed by atoms with Crippen molar-refractivity contribution in [2.75, 3.05) is 0 Å². The van der Waals surface area contributed by atoms with Gasteiger partial charge in [0.25, 0.3) is 0 Å². The van der Waals surface area contributed by atoms with E-state index >= 15 is 0 Å². The first-order valence-corrected chi connectivity index (χ1v) is 8.45. The molecule has 5 nitrogen and oxygen atoms in total. The molecule has 0 saturated carbocycles. The molecule has 0 bridgehead atoms. The highest BCUT2D eigenvalue weighted by Crippen LogP contribution is 2.29. The maximum Gasteiger partial charge on any atom is 0.216 e. The summed E-state index contributed by atoms with van der Waals surface area (Å²) in [6.07, 6.45) is 1.53. The molecule has 0 saturated heterocycles. The van der Waals surface area contributed by atoms with Crippen molar-refractivity contribution in [2.24, 2.45) is 0 Å². The second kappa shape index (κ2) is 7.65. The van der Waals surface area contributed by atoms with Crippen LogP contribution in [-0.4, -0.2) is 0 Å². The summed E-state index contributed by atoms with van der Waals surface area (Å²) in [5, 5.41) is 9.14. The summed E-state index contributed by atoms with van der Waals surface area (Å²) in [7, 11) is 0.